The van der Waals surface area contributed by atoms with E-state index in [0.29, 0.717) is 23.9 Å². The van der Waals surface area contributed by atoms with Crippen LogP contribution in [0.15, 0.2) is 21.3 Å². The van der Waals surface area contributed by atoms with Crippen LogP contribution < -0.4 is 10.6 Å². The van der Waals surface area contributed by atoms with Gasteiger partial charge in [0.05, 0.1) is 5.69 Å². The predicted octanol–water partition coefficient (Wildman–Crippen LogP) is 3.13. The van der Waals surface area contributed by atoms with Gasteiger partial charge in [-0.05, 0) is 38.0 Å². The first kappa shape index (κ1) is 18.4. The summed E-state index contributed by atoms with van der Waals surface area (Å²) in [6.07, 6.45) is 7.40. The van der Waals surface area contributed by atoms with E-state index in [-0.39, 0.29) is 41.0 Å². The van der Waals surface area contributed by atoms with E-state index in [2.05, 4.69) is 20.8 Å². The molecule has 154 valence electrons. The van der Waals surface area contributed by atoms with E-state index in [1.54, 1.807) is 6.07 Å². The fourth-order valence-corrected chi connectivity index (χ4v) is 4.51. The fraction of sp³-hybridized carbons (Fsp3) is 0.619. The smallest absolute Gasteiger partial charge is 0.290 e. The van der Waals surface area contributed by atoms with Gasteiger partial charge in [-0.1, -0.05) is 25.4 Å². The number of nitrogens with zero attached hydrogens (tertiary/aromatic N) is 2. The Bertz CT molecular complexity index is 876. The fourth-order valence-electron chi connectivity index (χ4n) is 4.51. The molecule has 0 saturated heterocycles. The zero-order valence-corrected chi connectivity index (χ0v) is 16.7. The number of rotatable bonds is 6. The van der Waals surface area contributed by atoms with Crippen molar-refractivity contribution >= 4 is 11.8 Å². The summed E-state index contributed by atoms with van der Waals surface area (Å²) in [4.78, 5) is 29.5. The molecule has 2 amide bonds. The molecule has 0 radical (unpaired) electrons. The zero-order chi connectivity index (χ0) is 20.2. The molecule has 0 aromatic carbocycles. The highest BCUT2D eigenvalue weighted by atomic mass is 16.5. The first-order valence-corrected chi connectivity index (χ1v) is 10.5. The van der Waals surface area contributed by atoms with Gasteiger partial charge in [-0.15, -0.1) is 0 Å². The first-order chi connectivity index (χ1) is 14.0. The molecule has 8 heteroatoms. The minimum absolute atomic E-state index is 0.0287. The number of hydrogen-bond donors (Lipinski definition) is 2. The van der Waals surface area contributed by atoms with Crippen molar-refractivity contribution in [2.24, 2.45) is 5.41 Å². The standard InChI is InChI=1S/C21H26N4O4/c1-11(2)13-8-15(29-25-13)19(27)24-17-9-16(21(17)6-3-7-21)23-18(26)14-10-28-20(22-14)12-4-5-12/h8,10-12,16-17H,3-7,9H2,1-2H3,(H,23,26)(H,24,27). The molecule has 8 nitrogen and oxygen atoms in total. The molecule has 0 aliphatic heterocycles. The Hall–Kier alpha value is -2.64. The Morgan fingerprint density at radius 1 is 1.17 bits per heavy atom. The Kier molecular flexibility index (Phi) is 4.26. The van der Waals surface area contributed by atoms with Crippen LogP contribution in [0, 0.1) is 5.41 Å². The van der Waals surface area contributed by atoms with Crippen LogP contribution in [0.5, 0.6) is 0 Å². The van der Waals surface area contributed by atoms with Crippen LogP contribution >= 0.6 is 0 Å². The third-order valence-corrected chi connectivity index (χ3v) is 6.78. The van der Waals surface area contributed by atoms with Crippen molar-refractivity contribution in [3.63, 3.8) is 0 Å². The van der Waals surface area contributed by atoms with Crippen molar-refractivity contribution in [2.75, 3.05) is 0 Å². The second-order valence-electron chi connectivity index (χ2n) is 8.99. The van der Waals surface area contributed by atoms with Crippen LogP contribution in [0.1, 0.15) is 96.8 Å². The number of nitrogens with one attached hydrogen (secondary N) is 2. The summed E-state index contributed by atoms with van der Waals surface area (Å²) < 4.78 is 10.6. The van der Waals surface area contributed by atoms with Gasteiger partial charge in [-0.3, -0.25) is 9.59 Å². The summed E-state index contributed by atoms with van der Waals surface area (Å²) in [6, 6.07) is 1.77. The van der Waals surface area contributed by atoms with Gasteiger partial charge >= 0.3 is 0 Å². The summed E-state index contributed by atoms with van der Waals surface area (Å²) in [7, 11) is 0. The van der Waals surface area contributed by atoms with E-state index < -0.39 is 0 Å². The lowest BCUT2D eigenvalue weighted by Crippen LogP contribution is -2.71. The first-order valence-electron chi connectivity index (χ1n) is 10.5. The molecule has 2 aromatic heterocycles. The average Bonchev–Trinajstić information content (AvgIpc) is 3.17. The molecule has 3 saturated carbocycles. The Morgan fingerprint density at radius 2 is 1.90 bits per heavy atom. The van der Waals surface area contributed by atoms with Crippen LogP contribution in [0.25, 0.3) is 0 Å². The maximum Gasteiger partial charge on any atom is 0.290 e. The second-order valence-corrected chi connectivity index (χ2v) is 8.99. The Morgan fingerprint density at radius 3 is 2.48 bits per heavy atom. The highest BCUT2D eigenvalue weighted by molar-refractivity contribution is 5.93. The molecule has 3 fully saturated rings. The summed E-state index contributed by atoms with van der Waals surface area (Å²) in [5.74, 6) is 1.06. The summed E-state index contributed by atoms with van der Waals surface area (Å²) in [6.45, 7) is 4.01. The van der Waals surface area contributed by atoms with Gasteiger partial charge < -0.3 is 19.6 Å². The molecule has 0 bridgehead atoms. The van der Waals surface area contributed by atoms with Crippen molar-refractivity contribution in [3.8, 4) is 0 Å². The molecule has 3 aliphatic rings. The molecule has 3 aliphatic carbocycles. The third-order valence-electron chi connectivity index (χ3n) is 6.78. The number of carbonyl (C=O) groups excluding carboxylic acids is 2. The van der Waals surface area contributed by atoms with Gasteiger partial charge in [0.25, 0.3) is 11.8 Å². The molecular weight excluding hydrogens is 372 g/mol. The lowest BCUT2D eigenvalue weighted by Gasteiger charge is -2.61. The van der Waals surface area contributed by atoms with Gasteiger partial charge in [0.1, 0.15) is 6.26 Å². The highest BCUT2D eigenvalue weighted by Gasteiger charge is 2.59. The maximum atomic E-state index is 12.6. The van der Waals surface area contributed by atoms with Crippen LogP contribution in [0.3, 0.4) is 0 Å². The minimum Gasteiger partial charge on any atom is -0.448 e. The van der Waals surface area contributed by atoms with Gasteiger partial charge in [0.15, 0.2) is 11.6 Å². The van der Waals surface area contributed by atoms with Crippen LogP contribution in [-0.4, -0.2) is 34.0 Å². The normalized spacial score (nSPS) is 24.8. The Balaban J connectivity index is 1.21. The summed E-state index contributed by atoms with van der Waals surface area (Å²) >= 11 is 0. The van der Waals surface area contributed by atoms with Crippen molar-refractivity contribution in [2.45, 2.75) is 76.3 Å². The predicted molar refractivity (Wildman–Crippen MR) is 102 cm³/mol. The lowest BCUT2D eigenvalue weighted by atomic mass is 9.49. The second kappa shape index (κ2) is 6.71. The maximum absolute atomic E-state index is 12.6. The monoisotopic (exact) mass is 398 g/mol. The summed E-state index contributed by atoms with van der Waals surface area (Å²) in [5.41, 5.74) is 1.04. The van der Waals surface area contributed by atoms with Crippen molar-refractivity contribution < 1.29 is 18.5 Å². The van der Waals surface area contributed by atoms with E-state index in [4.69, 9.17) is 8.94 Å². The average molecular weight is 398 g/mol. The van der Waals surface area contributed by atoms with Crippen LogP contribution in [-0.2, 0) is 0 Å². The molecule has 2 atom stereocenters. The van der Waals surface area contributed by atoms with Gasteiger partial charge in [0, 0.05) is 29.5 Å². The zero-order valence-electron chi connectivity index (χ0n) is 16.7. The highest BCUT2D eigenvalue weighted by Crippen LogP contribution is 2.56. The van der Waals surface area contributed by atoms with Crippen molar-refractivity contribution in [1.82, 2.24) is 20.8 Å². The minimum atomic E-state index is -0.240. The van der Waals surface area contributed by atoms with Crippen molar-refractivity contribution in [3.05, 3.63) is 35.4 Å². The summed E-state index contributed by atoms with van der Waals surface area (Å²) in [5, 5.41) is 10.2. The van der Waals surface area contributed by atoms with Gasteiger partial charge in [-0.25, -0.2) is 4.98 Å². The molecule has 2 unspecified atom stereocenters. The molecule has 29 heavy (non-hydrogen) atoms. The van der Waals surface area contributed by atoms with E-state index in [9.17, 15) is 9.59 Å². The largest absolute Gasteiger partial charge is 0.448 e. The topological polar surface area (TPSA) is 110 Å². The van der Waals surface area contributed by atoms with Crippen molar-refractivity contribution in [1.29, 1.82) is 0 Å². The number of oxazole rings is 1. The lowest BCUT2D eigenvalue weighted by molar-refractivity contribution is -0.0523. The number of carbonyl (C=O) groups is 2. The number of amides is 2. The molecule has 2 aromatic rings. The Labute approximate surface area is 168 Å². The van der Waals surface area contributed by atoms with Crippen LogP contribution in [0.2, 0.25) is 0 Å². The van der Waals surface area contributed by atoms with Crippen LogP contribution in [0.4, 0.5) is 0 Å². The van der Waals surface area contributed by atoms with Gasteiger partial charge in [0.2, 0.25) is 5.76 Å². The molecular formula is C21H26N4O4. The third kappa shape index (κ3) is 3.14. The van der Waals surface area contributed by atoms with E-state index >= 15 is 0 Å². The molecule has 2 N–H and O–H groups in total. The van der Waals surface area contributed by atoms with E-state index in [0.717, 1.165) is 37.8 Å². The van der Waals surface area contributed by atoms with E-state index in [1.807, 2.05) is 13.8 Å². The molecule has 1 spiro atoms. The van der Waals surface area contributed by atoms with E-state index in [1.165, 1.54) is 6.26 Å². The van der Waals surface area contributed by atoms with Gasteiger partial charge in [-0.2, -0.15) is 0 Å². The number of hydrogen-bond acceptors (Lipinski definition) is 6. The number of aromatic nitrogens is 2. The quantitative estimate of drug-likeness (QED) is 0.773. The SMILES string of the molecule is CC(C)c1cc(C(=O)NC2CC(NC(=O)c3coc(C4CC4)n3)C23CCC3)on1. The molecule has 5 rings (SSSR count). The molecule has 2 heterocycles.